The fourth-order valence-corrected chi connectivity index (χ4v) is 4.35. The SMILES string of the molecule is CCCCC(C)(C)C(O)c1ccc(-c2ccccc2-c2ccc(CCCCC(C)(C)CO)o2)o1. The molecule has 1 aromatic carbocycles. The quantitative estimate of drug-likeness (QED) is 0.249. The van der Waals surface area contributed by atoms with Crippen molar-refractivity contribution in [1.29, 1.82) is 0 Å². The molecule has 0 aliphatic heterocycles. The third-order valence-corrected chi connectivity index (χ3v) is 6.89. The van der Waals surface area contributed by atoms with E-state index in [-0.39, 0.29) is 17.4 Å². The smallest absolute Gasteiger partial charge is 0.135 e. The van der Waals surface area contributed by atoms with Crippen molar-refractivity contribution >= 4 is 0 Å². The van der Waals surface area contributed by atoms with Gasteiger partial charge < -0.3 is 19.0 Å². The Kier molecular flexibility index (Phi) is 8.83. The highest BCUT2D eigenvalue weighted by molar-refractivity contribution is 5.78. The topological polar surface area (TPSA) is 66.7 Å². The van der Waals surface area contributed by atoms with Crippen molar-refractivity contribution in [3.8, 4) is 22.6 Å². The van der Waals surface area contributed by atoms with Gasteiger partial charge in [-0.2, -0.15) is 0 Å². The highest BCUT2D eigenvalue weighted by Crippen LogP contribution is 2.41. The lowest BCUT2D eigenvalue weighted by Crippen LogP contribution is -2.21. The standard InChI is InChI=1S/C30H42O4/c1-6-7-20-30(4,5)28(32)27-18-17-26(34-27)24-14-9-8-13-23(24)25-16-15-22(33-25)12-10-11-19-29(2,3)21-31/h8-9,13-18,28,31-32H,6-7,10-12,19-21H2,1-5H3. The molecule has 4 nitrogen and oxygen atoms in total. The number of rotatable bonds is 13. The summed E-state index contributed by atoms with van der Waals surface area (Å²) in [5.41, 5.74) is 1.68. The van der Waals surface area contributed by atoms with E-state index in [0.29, 0.717) is 5.76 Å². The molecule has 4 heteroatoms. The monoisotopic (exact) mass is 466 g/mol. The minimum Gasteiger partial charge on any atom is -0.461 e. The summed E-state index contributed by atoms with van der Waals surface area (Å²) in [4.78, 5) is 0. The summed E-state index contributed by atoms with van der Waals surface area (Å²) < 4.78 is 12.4. The lowest BCUT2D eigenvalue weighted by Gasteiger charge is -2.29. The Morgan fingerprint density at radius 1 is 0.794 bits per heavy atom. The van der Waals surface area contributed by atoms with E-state index in [0.717, 1.165) is 73.4 Å². The van der Waals surface area contributed by atoms with Gasteiger partial charge in [0, 0.05) is 24.2 Å². The van der Waals surface area contributed by atoms with Crippen LogP contribution in [-0.4, -0.2) is 16.8 Å². The van der Waals surface area contributed by atoms with Crippen molar-refractivity contribution < 1.29 is 19.0 Å². The summed E-state index contributed by atoms with van der Waals surface area (Å²) in [6, 6.07) is 16.0. The molecule has 186 valence electrons. The van der Waals surface area contributed by atoms with Crippen LogP contribution in [0.4, 0.5) is 0 Å². The minimum absolute atomic E-state index is 0.0199. The Hall–Kier alpha value is -2.30. The number of unbranched alkanes of at least 4 members (excludes halogenated alkanes) is 2. The molecule has 2 heterocycles. The second-order valence-electron chi connectivity index (χ2n) is 11.0. The van der Waals surface area contributed by atoms with Crippen LogP contribution in [0.3, 0.4) is 0 Å². The molecule has 0 amide bonds. The summed E-state index contributed by atoms with van der Waals surface area (Å²) >= 11 is 0. The Bertz CT molecular complexity index is 1020. The summed E-state index contributed by atoms with van der Waals surface area (Å²) in [7, 11) is 0. The fraction of sp³-hybridized carbons (Fsp3) is 0.533. The molecule has 0 aliphatic rings. The van der Waals surface area contributed by atoms with Gasteiger partial charge in [0.05, 0.1) is 0 Å². The maximum absolute atomic E-state index is 11.0. The number of hydrogen-bond acceptors (Lipinski definition) is 4. The third kappa shape index (κ3) is 6.64. The molecule has 34 heavy (non-hydrogen) atoms. The van der Waals surface area contributed by atoms with E-state index in [1.54, 1.807) is 0 Å². The zero-order valence-corrected chi connectivity index (χ0v) is 21.6. The van der Waals surface area contributed by atoms with Gasteiger partial charge in [-0.25, -0.2) is 0 Å². The molecular weight excluding hydrogens is 424 g/mol. The Labute approximate surface area is 205 Å². The fourth-order valence-electron chi connectivity index (χ4n) is 4.35. The highest BCUT2D eigenvalue weighted by Gasteiger charge is 2.31. The molecule has 1 atom stereocenters. The van der Waals surface area contributed by atoms with Crippen LogP contribution in [0.2, 0.25) is 0 Å². The predicted molar refractivity (Wildman–Crippen MR) is 139 cm³/mol. The van der Waals surface area contributed by atoms with Crippen LogP contribution in [0, 0.1) is 10.8 Å². The first kappa shape index (κ1) is 26.3. The van der Waals surface area contributed by atoms with Gasteiger partial charge in [-0.15, -0.1) is 0 Å². The van der Waals surface area contributed by atoms with Gasteiger partial charge in [0.2, 0.25) is 0 Å². The number of aryl methyl sites for hydroxylation is 1. The van der Waals surface area contributed by atoms with Crippen LogP contribution in [-0.2, 0) is 6.42 Å². The lowest BCUT2D eigenvalue weighted by molar-refractivity contribution is 0.0246. The average molecular weight is 467 g/mol. The molecule has 0 radical (unpaired) electrons. The van der Waals surface area contributed by atoms with Crippen LogP contribution in [0.1, 0.15) is 90.8 Å². The Morgan fingerprint density at radius 2 is 1.44 bits per heavy atom. The van der Waals surface area contributed by atoms with Crippen LogP contribution < -0.4 is 0 Å². The van der Waals surface area contributed by atoms with E-state index in [9.17, 15) is 10.2 Å². The molecule has 0 saturated heterocycles. The third-order valence-electron chi connectivity index (χ3n) is 6.89. The molecule has 0 bridgehead atoms. The predicted octanol–water partition coefficient (Wildman–Crippen LogP) is 8.19. The van der Waals surface area contributed by atoms with Gasteiger partial charge in [-0.05, 0) is 54.4 Å². The van der Waals surface area contributed by atoms with Gasteiger partial charge >= 0.3 is 0 Å². The molecule has 2 N–H and O–H groups in total. The van der Waals surface area contributed by atoms with Crippen molar-refractivity contribution in [2.24, 2.45) is 10.8 Å². The second kappa shape index (κ2) is 11.4. The van der Waals surface area contributed by atoms with Crippen LogP contribution in [0.15, 0.2) is 57.4 Å². The average Bonchev–Trinajstić information content (AvgIpc) is 3.50. The molecule has 2 aromatic heterocycles. The van der Waals surface area contributed by atoms with E-state index in [4.69, 9.17) is 8.83 Å². The van der Waals surface area contributed by atoms with Crippen LogP contribution in [0.5, 0.6) is 0 Å². The number of furan rings is 2. The van der Waals surface area contributed by atoms with Gasteiger partial charge in [-0.1, -0.05) is 78.1 Å². The van der Waals surface area contributed by atoms with E-state index < -0.39 is 6.10 Å². The molecule has 0 aliphatic carbocycles. The van der Waals surface area contributed by atoms with E-state index in [1.807, 2.05) is 42.5 Å². The van der Waals surface area contributed by atoms with Crippen molar-refractivity contribution in [2.75, 3.05) is 6.61 Å². The maximum atomic E-state index is 11.0. The number of benzene rings is 1. The first-order valence-electron chi connectivity index (χ1n) is 12.7. The number of aliphatic hydroxyl groups is 2. The summed E-state index contributed by atoms with van der Waals surface area (Å²) in [6.45, 7) is 10.8. The Balaban J connectivity index is 1.73. The van der Waals surface area contributed by atoms with E-state index in [1.165, 1.54) is 0 Å². The van der Waals surface area contributed by atoms with Crippen molar-refractivity contribution in [3.63, 3.8) is 0 Å². The van der Waals surface area contributed by atoms with Gasteiger partial charge in [0.1, 0.15) is 29.1 Å². The first-order chi connectivity index (χ1) is 16.2. The zero-order valence-electron chi connectivity index (χ0n) is 21.6. The van der Waals surface area contributed by atoms with E-state index >= 15 is 0 Å². The molecule has 3 aromatic rings. The van der Waals surface area contributed by atoms with Crippen LogP contribution >= 0.6 is 0 Å². The molecule has 0 saturated carbocycles. The molecule has 3 rings (SSSR count). The van der Waals surface area contributed by atoms with Crippen molar-refractivity contribution in [2.45, 2.75) is 85.7 Å². The summed E-state index contributed by atoms with van der Waals surface area (Å²) in [5, 5.41) is 20.4. The minimum atomic E-state index is -0.647. The molecule has 0 spiro atoms. The second-order valence-corrected chi connectivity index (χ2v) is 11.0. The summed E-state index contributed by atoms with van der Waals surface area (Å²) in [5.74, 6) is 3.14. The number of hydrogen-bond donors (Lipinski definition) is 2. The first-order valence-corrected chi connectivity index (χ1v) is 12.7. The summed E-state index contributed by atoms with van der Waals surface area (Å²) in [6.07, 6.45) is 6.47. The zero-order chi connectivity index (χ0) is 24.8. The highest BCUT2D eigenvalue weighted by atomic mass is 16.4. The Morgan fingerprint density at radius 3 is 2.09 bits per heavy atom. The lowest BCUT2D eigenvalue weighted by atomic mass is 9.80. The van der Waals surface area contributed by atoms with Crippen molar-refractivity contribution in [1.82, 2.24) is 0 Å². The van der Waals surface area contributed by atoms with Crippen LogP contribution in [0.25, 0.3) is 22.6 Å². The maximum Gasteiger partial charge on any atom is 0.135 e. The van der Waals surface area contributed by atoms with Crippen molar-refractivity contribution in [3.05, 3.63) is 60.1 Å². The largest absolute Gasteiger partial charge is 0.461 e. The van der Waals surface area contributed by atoms with Gasteiger partial charge in [0.15, 0.2) is 0 Å². The molecule has 0 fully saturated rings. The van der Waals surface area contributed by atoms with Gasteiger partial charge in [-0.3, -0.25) is 0 Å². The normalized spacial score (nSPS) is 13.4. The number of aliphatic hydroxyl groups excluding tert-OH is 2. The molecular formula is C30H42O4. The van der Waals surface area contributed by atoms with E-state index in [2.05, 4.69) is 40.7 Å². The molecule has 1 unspecified atom stereocenters. The van der Waals surface area contributed by atoms with Gasteiger partial charge in [0.25, 0.3) is 0 Å².